The molecule has 6 nitrogen and oxygen atoms in total. The van der Waals surface area contributed by atoms with Crippen molar-refractivity contribution in [1.29, 1.82) is 0 Å². The molecule has 0 amide bonds. The number of rotatable bonds is 4. The Hall–Kier alpha value is -1.61. The van der Waals surface area contributed by atoms with Crippen LogP contribution in [0.3, 0.4) is 0 Å². The molecule has 1 unspecified atom stereocenters. The minimum absolute atomic E-state index is 0.177. The highest BCUT2D eigenvalue weighted by molar-refractivity contribution is 7.81. The molecule has 1 aromatic carbocycles. The maximum Gasteiger partial charge on any atom is 0.339 e. The fourth-order valence-electron chi connectivity index (χ4n) is 1.67. The predicted molar refractivity (Wildman–Crippen MR) is 82.0 cm³/mol. The molecule has 0 bridgehead atoms. The highest BCUT2D eigenvalue weighted by Gasteiger charge is 2.20. The number of anilines is 2. The Kier molecular flexibility index (Phi) is 4.52. The van der Waals surface area contributed by atoms with Crippen LogP contribution in [0.2, 0.25) is 4.34 Å². The van der Waals surface area contributed by atoms with Gasteiger partial charge in [-0.25, -0.2) is 13.3 Å². The first-order chi connectivity index (χ1) is 9.81. The number of phenols is 1. The molecule has 0 radical (unpaired) electrons. The van der Waals surface area contributed by atoms with Crippen LogP contribution < -0.4 is 4.31 Å². The molecular formula is C12H10ClNO5S2. The zero-order chi connectivity index (χ0) is 15.7. The molecule has 0 aliphatic carbocycles. The van der Waals surface area contributed by atoms with Crippen molar-refractivity contribution in [3.63, 3.8) is 0 Å². The molecule has 3 N–H and O–H groups in total. The topological polar surface area (TPSA) is 98.1 Å². The molecule has 0 saturated carbocycles. The number of carboxylic acid groups (broad SMARTS) is 1. The summed E-state index contributed by atoms with van der Waals surface area (Å²) in [5.41, 5.74) is 0.637. The third kappa shape index (κ3) is 3.18. The smallest absolute Gasteiger partial charge is 0.339 e. The van der Waals surface area contributed by atoms with E-state index in [1.807, 2.05) is 0 Å². The van der Waals surface area contributed by atoms with Crippen molar-refractivity contribution in [3.8, 4) is 5.75 Å². The second-order valence-electron chi connectivity index (χ2n) is 4.07. The van der Waals surface area contributed by atoms with Crippen molar-refractivity contribution in [3.05, 3.63) is 39.7 Å². The van der Waals surface area contributed by atoms with Crippen LogP contribution in [0, 0.1) is 6.92 Å². The Bertz CT molecular complexity index is 711. The number of nitrogens with zero attached hydrogens (tertiary/aromatic N) is 1. The lowest BCUT2D eigenvalue weighted by Gasteiger charge is -2.18. The molecule has 1 atom stereocenters. The van der Waals surface area contributed by atoms with Gasteiger partial charge in [0.25, 0.3) is 11.3 Å². The third-order valence-corrected chi connectivity index (χ3v) is 5.02. The summed E-state index contributed by atoms with van der Waals surface area (Å²) in [6.07, 6.45) is 0. The SMILES string of the molecule is Cc1cc(N(c2ccc(C(=O)O)c(O)c2)S(=O)O)sc1Cl. The average molecular weight is 348 g/mol. The quantitative estimate of drug-likeness (QED) is 0.736. The molecule has 0 fully saturated rings. The van der Waals surface area contributed by atoms with Gasteiger partial charge in [-0.2, -0.15) is 0 Å². The lowest BCUT2D eigenvalue weighted by atomic mass is 10.2. The zero-order valence-electron chi connectivity index (χ0n) is 10.6. The van der Waals surface area contributed by atoms with Crippen molar-refractivity contribution >= 4 is 50.9 Å². The fraction of sp³-hybridized carbons (Fsp3) is 0.0833. The minimum atomic E-state index is -2.40. The molecule has 0 aliphatic heterocycles. The van der Waals surface area contributed by atoms with E-state index in [0.29, 0.717) is 9.34 Å². The van der Waals surface area contributed by atoms with Crippen molar-refractivity contribution in [2.45, 2.75) is 6.92 Å². The van der Waals surface area contributed by atoms with E-state index in [9.17, 15) is 18.7 Å². The number of aromatic carboxylic acids is 1. The Morgan fingerprint density at radius 1 is 1.38 bits per heavy atom. The van der Waals surface area contributed by atoms with Crippen LogP contribution in [0.5, 0.6) is 5.75 Å². The van der Waals surface area contributed by atoms with Gasteiger partial charge in [0.1, 0.15) is 16.3 Å². The van der Waals surface area contributed by atoms with Crippen LogP contribution in [-0.4, -0.2) is 24.9 Å². The second kappa shape index (κ2) is 6.02. The number of thiophene rings is 1. The molecular weight excluding hydrogens is 338 g/mol. The number of benzene rings is 1. The minimum Gasteiger partial charge on any atom is -0.507 e. The maximum absolute atomic E-state index is 11.6. The van der Waals surface area contributed by atoms with Crippen molar-refractivity contribution in [2.75, 3.05) is 4.31 Å². The van der Waals surface area contributed by atoms with Crippen LogP contribution in [0.1, 0.15) is 15.9 Å². The van der Waals surface area contributed by atoms with Gasteiger partial charge >= 0.3 is 5.97 Å². The van der Waals surface area contributed by atoms with Gasteiger partial charge in [-0.05, 0) is 30.7 Å². The predicted octanol–water partition coefficient (Wildman–Crippen LogP) is 3.39. The van der Waals surface area contributed by atoms with Crippen molar-refractivity contribution in [2.24, 2.45) is 0 Å². The number of hydrogen-bond acceptors (Lipinski definition) is 4. The number of halogens is 1. The van der Waals surface area contributed by atoms with Crippen LogP contribution in [0.4, 0.5) is 10.7 Å². The Labute approximate surface area is 131 Å². The van der Waals surface area contributed by atoms with Gasteiger partial charge in [0.15, 0.2) is 0 Å². The number of carbonyl (C=O) groups is 1. The number of aromatic hydroxyl groups is 1. The van der Waals surface area contributed by atoms with Crippen LogP contribution in [-0.2, 0) is 11.3 Å². The Morgan fingerprint density at radius 2 is 2.05 bits per heavy atom. The molecule has 1 aromatic heterocycles. The summed E-state index contributed by atoms with van der Waals surface area (Å²) in [7, 11) is 0. The summed E-state index contributed by atoms with van der Waals surface area (Å²) in [5, 5.41) is 19.0. The Morgan fingerprint density at radius 3 is 2.48 bits per heavy atom. The Balaban J connectivity index is 2.51. The molecule has 21 heavy (non-hydrogen) atoms. The second-order valence-corrected chi connectivity index (χ2v) is 6.53. The van der Waals surface area contributed by atoms with Gasteiger partial charge in [-0.15, -0.1) is 11.3 Å². The standard InChI is InChI=1S/C12H10ClNO5S2/c1-6-4-10(20-11(6)13)14(21(18)19)7-2-3-8(12(16)17)9(15)5-7/h2-5,15H,1H3,(H,16,17)(H,18,19). The maximum atomic E-state index is 11.6. The normalized spacial score (nSPS) is 12.1. The van der Waals surface area contributed by atoms with Gasteiger partial charge in [-0.1, -0.05) is 11.6 Å². The van der Waals surface area contributed by atoms with Crippen LogP contribution in [0.15, 0.2) is 24.3 Å². The van der Waals surface area contributed by atoms with E-state index >= 15 is 0 Å². The molecule has 2 rings (SSSR count). The van der Waals surface area contributed by atoms with Gasteiger partial charge in [-0.3, -0.25) is 4.55 Å². The highest BCUT2D eigenvalue weighted by Crippen LogP contribution is 2.39. The fourth-order valence-corrected chi connectivity index (χ4v) is 3.59. The van der Waals surface area contributed by atoms with E-state index in [1.54, 1.807) is 13.0 Å². The number of carboxylic acids is 1. The summed E-state index contributed by atoms with van der Waals surface area (Å²) in [6, 6.07) is 5.24. The van der Waals surface area contributed by atoms with E-state index < -0.39 is 23.0 Å². The zero-order valence-corrected chi connectivity index (χ0v) is 13.0. The third-order valence-electron chi connectivity index (χ3n) is 2.65. The van der Waals surface area contributed by atoms with E-state index in [2.05, 4.69) is 0 Å². The largest absolute Gasteiger partial charge is 0.507 e. The molecule has 0 aliphatic rings. The van der Waals surface area contributed by atoms with E-state index in [0.717, 1.165) is 33.3 Å². The number of aryl methyl sites for hydroxylation is 1. The molecule has 0 spiro atoms. The molecule has 9 heteroatoms. The van der Waals surface area contributed by atoms with Gasteiger partial charge in [0, 0.05) is 6.07 Å². The first-order valence-corrected chi connectivity index (χ1v) is 7.80. The van der Waals surface area contributed by atoms with Gasteiger partial charge in [0.05, 0.1) is 10.0 Å². The molecule has 0 saturated heterocycles. The van der Waals surface area contributed by atoms with Crippen LogP contribution in [0.25, 0.3) is 0 Å². The van der Waals surface area contributed by atoms with Gasteiger partial charge < -0.3 is 10.2 Å². The molecule has 2 aromatic rings. The summed E-state index contributed by atoms with van der Waals surface area (Å²) < 4.78 is 22.5. The monoisotopic (exact) mass is 347 g/mol. The van der Waals surface area contributed by atoms with E-state index in [1.165, 1.54) is 6.07 Å². The first kappa shape index (κ1) is 15.8. The molecule has 1 heterocycles. The summed E-state index contributed by atoms with van der Waals surface area (Å²) >= 11 is 4.65. The van der Waals surface area contributed by atoms with Crippen molar-refractivity contribution in [1.82, 2.24) is 0 Å². The summed E-state index contributed by atoms with van der Waals surface area (Å²) in [5.74, 6) is -1.78. The summed E-state index contributed by atoms with van der Waals surface area (Å²) in [6.45, 7) is 1.76. The average Bonchev–Trinajstić information content (AvgIpc) is 2.68. The highest BCUT2D eigenvalue weighted by atomic mass is 35.5. The first-order valence-electron chi connectivity index (χ1n) is 5.54. The van der Waals surface area contributed by atoms with E-state index in [4.69, 9.17) is 16.7 Å². The van der Waals surface area contributed by atoms with Crippen LogP contribution >= 0.6 is 22.9 Å². The lowest BCUT2D eigenvalue weighted by molar-refractivity contribution is 0.0694. The van der Waals surface area contributed by atoms with Crippen molar-refractivity contribution < 1.29 is 23.8 Å². The lowest BCUT2D eigenvalue weighted by Crippen LogP contribution is -2.18. The number of hydrogen-bond donors (Lipinski definition) is 3. The molecule has 112 valence electrons. The summed E-state index contributed by atoms with van der Waals surface area (Å²) in [4.78, 5) is 10.9. The van der Waals surface area contributed by atoms with Gasteiger partial charge in [0.2, 0.25) is 0 Å². The van der Waals surface area contributed by atoms with E-state index in [-0.39, 0.29) is 11.3 Å².